The van der Waals surface area contributed by atoms with Crippen molar-refractivity contribution in [1.29, 1.82) is 0 Å². The molecule has 1 heterocycles. The lowest BCUT2D eigenvalue weighted by Gasteiger charge is -2.29. The molecule has 3 amide bonds. The van der Waals surface area contributed by atoms with Crippen molar-refractivity contribution in [2.75, 3.05) is 13.1 Å². The summed E-state index contributed by atoms with van der Waals surface area (Å²) in [6.45, 7) is 4.26. The van der Waals surface area contributed by atoms with E-state index >= 15 is 0 Å². The Balaban J connectivity index is 1.69. The third-order valence-corrected chi connectivity index (χ3v) is 8.02. The molecule has 1 N–H and O–H groups in total. The molecular formula is C24H28BrN3O5S. The van der Waals surface area contributed by atoms with Crippen molar-refractivity contribution in [3.63, 3.8) is 0 Å². The van der Waals surface area contributed by atoms with Gasteiger partial charge in [0.15, 0.2) is 0 Å². The van der Waals surface area contributed by atoms with Crippen LogP contribution in [0.5, 0.6) is 0 Å². The Bertz CT molecular complexity index is 1170. The number of hydrogen-bond donors (Lipinski definition) is 1. The molecule has 1 aliphatic rings. The highest BCUT2D eigenvalue weighted by atomic mass is 79.9. The molecule has 2 aromatic rings. The van der Waals surface area contributed by atoms with E-state index < -0.39 is 22.0 Å². The predicted molar refractivity (Wildman–Crippen MR) is 131 cm³/mol. The van der Waals surface area contributed by atoms with Crippen LogP contribution in [0.15, 0.2) is 57.9 Å². The first-order chi connectivity index (χ1) is 16.2. The van der Waals surface area contributed by atoms with E-state index in [0.29, 0.717) is 6.54 Å². The molecule has 0 bridgehead atoms. The largest absolute Gasteiger partial charge is 0.354 e. The monoisotopic (exact) mass is 549 g/mol. The van der Waals surface area contributed by atoms with Gasteiger partial charge in [-0.15, -0.1) is 0 Å². The number of nitrogens with one attached hydrogen (secondary N) is 1. The Morgan fingerprint density at radius 3 is 2.44 bits per heavy atom. The molecule has 0 fully saturated rings. The van der Waals surface area contributed by atoms with Crippen molar-refractivity contribution < 1.29 is 22.8 Å². The van der Waals surface area contributed by atoms with Gasteiger partial charge in [-0.25, -0.2) is 12.7 Å². The molecule has 182 valence electrons. The lowest BCUT2D eigenvalue weighted by molar-refractivity contribution is -0.140. The molecule has 1 aliphatic heterocycles. The van der Waals surface area contributed by atoms with E-state index in [1.54, 1.807) is 19.1 Å². The molecule has 0 aromatic heterocycles. The zero-order valence-electron chi connectivity index (χ0n) is 19.2. The number of amides is 3. The second-order valence-electron chi connectivity index (χ2n) is 8.10. The maximum Gasteiger partial charge on any atom is 0.269 e. The second-order valence-corrected chi connectivity index (χ2v) is 10.8. The molecule has 8 nitrogen and oxygen atoms in total. The highest BCUT2D eigenvalue weighted by molar-refractivity contribution is 9.10. The Morgan fingerprint density at radius 1 is 1.12 bits per heavy atom. The van der Waals surface area contributed by atoms with Gasteiger partial charge in [-0.3, -0.25) is 14.4 Å². The molecular weight excluding hydrogens is 522 g/mol. The van der Waals surface area contributed by atoms with Crippen molar-refractivity contribution in [2.45, 2.75) is 50.6 Å². The molecule has 1 atom stereocenters. The third-order valence-electron chi connectivity index (χ3n) is 5.65. The maximum atomic E-state index is 13.2. The van der Waals surface area contributed by atoms with E-state index in [1.807, 2.05) is 31.2 Å². The van der Waals surface area contributed by atoms with Gasteiger partial charge in [0.25, 0.3) is 15.9 Å². The predicted octanol–water partition coefficient (Wildman–Crippen LogP) is 3.32. The van der Waals surface area contributed by atoms with Gasteiger partial charge in [0.05, 0.1) is 5.56 Å². The molecule has 0 unspecified atom stereocenters. The molecule has 0 radical (unpaired) electrons. The Kier molecular flexibility index (Phi) is 8.48. The number of carbonyl (C=O) groups excluding carboxylic acids is 3. The molecule has 0 spiro atoms. The summed E-state index contributed by atoms with van der Waals surface area (Å²) in [5.74, 6) is -1.12. The molecule has 0 aliphatic carbocycles. The van der Waals surface area contributed by atoms with Gasteiger partial charge in [-0.1, -0.05) is 47.1 Å². The number of carbonyl (C=O) groups is 3. The van der Waals surface area contributed by atoms with Gasteiger partial charge in [-0.05, 0) is 49.6 Å². The fourth-order valence-corrected chi connectivity index (χ4v) is 5.61. The summed E-state index contributed by atoms with van der Waals surface area (Å²) in [7, 11) is -3.92. The van der Waals surface area contributed by atoms with E-state index in [9.17, 15) is 22.8 Å². The molecule has 0 saturated carbocycles. The summed E-state index contributed by atoms with van der Waals surface area (Å²) in [5, 5.41) is 2.82. The zero-order valence-corrected chi connectivity index (χ0v) is 21.6. The van der Waals surface area contributed by atoms with Crippen LogP contribution < -0.4 is 5.32 Å². The topological polar surface area (TPSA) is 104 Å². The minimum absolute atomic E-state index is 0.00241. The van der Waals surface area contributed by atoms with Gasteiger partial charge in [0.2, 0.25) is 11.8 Å². The highest BCUT2D eigenvalue weighted by Crippen LogP contribution is 2.30. The van der Waals surface area contributed by atoms with Crippen LogP contribution >= 0.6 is 15.9 Å². The average molecular weight is 550 g/mol. The average Bonchev–Trinajstić information content (AvgIpc) is 3.02. The van der Waals surface area contributed by atoms with Crippen LogP contribution in [-0.2, 0) is 26.2 Å². The standard InChI is InChI=1S/C24H28BrN3O5S/c1-3-14-26-23(30)17(2)27(16-18-10-12-19(25)13-11-18)22(29)9-6-15-28-24(31)20-7-4-5-8-21(20)34(28,32)33/h4-5,7-8,10-13,17H,3,6,9,14-16H2,1-2H3,(H,26,30)/t17-/m1/s1. The number of hydrogen-bond acceptors (Lipinski definition) is 5. The van der Waals surface area contributed by atoms with Crippen molar-refractivity contribution in [2.24, 2.45) is 0 Å². The maximum absolute atomic E-state index is 13.2. The van der Waals surface area contributed by atoms with Crippen molar-refractivity contribution in [3.05, 3.63) is 64.1 Å². The van der Waals surface area contributed by atoms with Crippen molar-refractivity contribution >= 4 is 43.7 Å². The Labute approximate surface area is 208 Å². The normalized spacial score (nSPS) is 15.0. The number of nitrogens with zero attached hydrogens (tertiary/aromatic N) is 2. The van der Waals surface area contributed by atoms with E-state index in [2.05, 4.69) is 21.2 Å². The van der Waals surface area contributed by atoms with Crippen molar-refractivity contribution in [1.82, 2.24) is 14.5 Å². The van der Waals surface area contributed by atoms with E-state index in [-0.39, 0.29) is 48.2 Å². The Hall–Kier alpha value is -2.72. The fraction of sp³-hybridized carbons (Fsp3) is 0.375. The summed E-state index contributed by atoms with van der Waals surface area (Å²) < 4.78 is 27.2. The van der Waals surface area contributed by atoms with Crippen LogP contribution in [0.1, 0.15) is 49.0 Å². The van der Waals surface area contributed by atoms with Crippen LogP contribution in [0.3, 0.4) is 0 Å². The zero-order chi connectivity index (χ0) is 24.9. The van der Waals surface area contributed by atoms with Gasteiger partial charge in [-0.2, -0.15) is 0 Å². The minimum atomic E-state index is -3.92. The van der Waals surface area contributed by atoms with Crippen LogP contribution in [0.2, 0.25) is 0 Å². The second kappa shape index (κ2) is 11.1. The Morgan fingerprint density at radius 2 is 1.79 bits per heavy atom. The van der Waals surface area contributed by atoms with Crippen LogP contribution in [0, 0.1) is 0 Å². The summed E-state index contributed by atoms with van der Waals surface area (Å²) in [4.78, 5) is 39.8. The van der Waals surface area contributed by atoms with Crippen LogP contribution in [0.4, 0.5) is 0 Å². The number of halogens is 1. The first-order valence-corrected chi connectivity index (χ1v) is 13.4. The molecule has 2 aromatic carbocycles. The lowest BCUT2D eigenvalue weighted by atomic mass is 10.1. The number of sulfonamides is 1. The first-order valence-electron chi connectivity index (χ1n) is 11.1. The highest BCUT2D eigenvalue weighted by Gasteiger charge is 2.40. The fourth-order valence-electron chi connectivity index (χ4n) is 3.73. The minimum Gasteiger partial charge on any atom is -0.354 e. The SMILES string of the molecule is CCCNC(=O)[C@@H](C)N(Cc1ccc(Br)cc1)C(=O)CCCN1C(=O)c2ccccc2S1(=O)=O. The number of fused-ring (bicyclic) bond motifs is 1. The smallest absolute Gasteiger partial charge is 0.269 e. The molecule has 10 heteroatoms. The van der Waals surface area contributed by atoms with Gasteiger partial charge >= 0.3 is 0 Å². The van der Waals surface area contributed by atoms with Crippen LogP contribution in [-0.4, -0.2) is 54.5 Å². The van der Waals surface area contributed by atoms with E-state index in [4.69, 9.17) is 0 Å². The third kappa shape index (κ3) is 5.67. The van der Waals surface area contributed by atoms with Crippen LogP contribution in [0.25, 0.3) is 0 Å². The van der Waals surface area contributed by atoms with Gasteiger partial charge < -0.3 is 10.2 Å². The summed E-state index contributed by atoms with van der Waals surface area (Å²) >= 11 is 3.39. The first kappa shape index (κ1) is 25.9. The van der Waals surface area contributed by atoms with Crippen molar-refractivity contribution in [3.8, 4) is 0 Å². The molecule has 3 rings (SSSR count). The number of rotatable bonds is 10. The molecule has 34 heavy (non-hydrogen) atoms. The quantitative estimate of drug-likeness (QED) is 0.489. The summed E-state index contributed by atoms with van der Waals surface area (Å²) in [6.07, 6.45) is 0.926. The van der Waals surface area contributed by atoms with Gasteiger partial charge in [0, 0.05) is 30.5 Å². The molecule has 0 saturated heterocycles. The summed E-state index contributed by atoms with van der Waals surface area (Å²) in [6, 6.07) is 12.8. The van der Waals surface area contributed by atoms with E-state index in [1.165, 1.54) is 17.0 Å². The van der Waals surface area contributed by atoms with Gasteiger partial charge in [0.1, 0.15) is 10.9 Å². The summed E-state index contributed by atoms with van der Waals surface area (Å²) in [5.41, 5.74) is 1.01. The lowest BCUT2D eigenvalue weighted by Crippen LogP contribution is -2.47. The number of benzene rings is 2. The van der Waals surface area contributed by atoms with E-state index in [0.717, 1.165) is 20.8 Å².